The summed E-state index contributed by atoms with van der Waals surface area (Å²) in [4.78, 5) is 14.2. The molecule has 0 bridgehead atoms. The Bertz CT molecular complexity index is 571. The highest BCUT2D eigenvalue weighted by molar-refractivity contribution is 5.58. The summed E-state index contributed by atoms with van der Waals surface area (Å²) in [6, 6.07) is 2.94. The number of aromatic nitrogens is 1. The molecule has 106 valence electrons. The van der Waals surface area contributed by atoms with E-state index in [-0.39, 0.29) is 29.7 Å². The summed E-state index contributed by atoms with van der Waals surface area (Å²) in [5.41, 5.74) is -1.26. The van der Waals surface area contributed by atoms with Crippen LogP contribution in [-0.4, -0.2) is 39.9 Å². The Balaban J connectivity index is 2.17. The number of anilines is 1. The molecule has 0 amide bonds. The van der Waals surface area contributed by atoms with Crippen molar-refractivity contribution in [2.24, 2.45) is 0 Å². The fraction of sp³-hybridized carbons (Fsp3) is 0.500. The Hall–Kier alpha value is -2.24. The van der Waals surface area contributed by atoms with Gasteiger partial charge in [-0.2, -0.15) is 5.26 Å². The predicted octanol–water partition coefficient (Wildman–Crippen LogP) is 0.813. The van der Waals surface area contributed by atoms with Crippen molar-refractivity contribution in [3.05, 3.63) is 27.9 Å². The van der Waals surface area contributed by atoms with Crippen molar-refractivity contribution in [1.82, 2.24) is 4.98 Å². The first-order valence-electron chi connectivity index (χ1n) is 6.08. The van der Waals surface area contributed by atoms with Crippen LogP contribution in [0.1, 0.15) is 18.9 Å². The van der Waals surface area contributed by atoms with Crippen LogP contribution in [0.2, 0.25) is 0 Å². The molecule has 2 atom stereocenters. The average Bonchev–Trinajstić information content (AvgIpc) is 2.76. The molecular formula is C12H14N4O4. The molecule has 2 N–H and O–H groups in total. The van der Waals surface area contributed by atoms with Gasteiger partial charge in [0.25, 0.3) is 0 Å². The monoisotopic (exact) mass is 278 g/mol. The Kier molecular flexibility index (Phi) is 3.83. The van der Waals surface area contributed by atoms with Gasteiger partial charge in [-0.05, 0) is 6.92 Å². The third-order valence-electron chi connectivity index (χ3n) is 3.41. The highest BCUT2D eigenvalue weighted by atomic mass is 16.6. The van der Waals surface area contributed by atoms with Gasteiger partial charge in [-0.15, -0.1) is 0 Å². The second kappa shape index (κ2) is 5.40. The molecule has 0 aliphatic carbocycles. The molecule has 0 radical (unpaired) electrons. The van der Waals surface area contributed by atoms with Crippen LogP contribution in [0.4, 0.5) is 11.5 Å². The maximum absolute atomic E-state index is 11.0. The Labute approximate surface area is 115 Å². The van der Waals surface area contributed by atoms with Crippen molar-refractivity contribution in [3.63, 3.8) is 0 Å². The van der Waals surface area contributed by atoms with Crippen molar-refractivity contribution >= 4 is 11.5 Å². The number of aliphatic hydroxyl groups is 1. The zero-order valence-electron chi connectivity index (χ0n) is 10.9. The molecule has 8 heteroatoms. The van der Waals surface area contributed by atoms with Crippen LogP contribution in [0.3, 0.4) is 0 Å². The minimum atomic E-state index is -1.08. The van der Waals surface area contributed by atoms with Gasteiger partial charge in [0.15, 0.2) is 0 Å². The Morgan fingerprint density at radius 1 is 1.80 bits per heavy atom. The molecule has 1 aromatic heterocycles. The zero-order chi connectivity index (χ0) is 14.8. The van der Waals surface area contributed by atoms with Crippen LogP contribution < -0.4 is 5.32 Å². The first-order valence-corrected chi connectivity index (χ1v) is 6.08. The SMILES string of the molecule is CC1OCCC1(O)CNc1ncc(C#N)cc1[N+](=O)[O-]. The van der Waals surface area contributed by atoms with Crippen molar-refractivity contribution in [3.8, 4) is 6.07 Å². The Morgan fingerprint density at radius 3 is 3.10 bits per heavy atom. The first kappa shape index (κ1) is 14.2. The van der Waals surface area contributed by atoms with Crippen LogP contribution >= 0.6 is 0 Å². The highest BCUT2D eigenvalue weighted by Gasteiger charge is 2.39. The van der Waals surface area contributed by atoms with Gasteiger partial charge in [0.2, 0.25) is 5.82 Å². The van der Waals surface area contributed by atoms with E-state index in [0.29, 0.717) is 13.0 Å². The number of ether oxygens (including phenoxy) is 1. The van der Waals surface area contributed by atoms with Gasteiger partial charge in [-0.25, -0.2) is 4.98 Å². The zero-order valence-corrected chi connectivity index (χ0v) is 10.9. The lowest BCUT2D eigenvalue weighted by molar-refractivity contribution is -0.384. The van der Waals surface area contributed by atoms with E-state index in [2.05, 4.69) is 10.3 Å². The maximum atomic E-state index is 11.0. The van der Waals surface area contributed by atoms with Crippen molar-refractivity contribution < 1.29 is 14.8 Å². The second-order valence-corrected chi connectivity index (χ2v) is 4.68. The quantitative estimate of drug-likeness (QED) is 0.617. The minimum absolute atomic E-state index is 0.0292. The molecule has 1 aromatic rings. The Morgan fingerprint density at radius 2 is 2.55 bits per heavy atom. The van der Waals surface area contributed by atoms with Crippen LogP contribution in [0.5, 0.6) is 0 Å². The van der Waals surface area contributed by atoms with E-state index in [1.165, 1.54) is 6.20 Å². The van der Waals surface area contributed by atoms with Gasteiger partial charge in [0, 0.05) is 31.8 Å². The smallest absolute Gasteiger partial charge is 0.312 e. The van der Waals surface area contributed by atoms with Gasteiger partial charge in [0.05, 0.1) is 16.6 Å². The summed E-state index contributed by atoms with van der Waals surface area (Å²) in [7, 11) is 0. The van der Waals surface area contributed by atoms with Crippen LogP contribution in [0, 0.1) is 21.4 Å². The van der Waals surface area contributed by atoms with E-state index in [1.54, 1.807) is 13.0 Å². The predicted molar refractivity (Wildman–Crippen MR) is 69.1 cm³/mol. The molecule has 2 unspecified atom stereocenters. The summed E-state index contributed by atoms with van der Waals surface area (Å²) in [6.45, 7) is 2.28. The minimum Gasteiger partial charge on any atom is -0.385 e. The molecule has 2 rings (SSSR count). The average molecular weight is 278 g/mol. The maximum Gasteiger partial charge on any atom is 0.312 e. The van der Waals surface area contributed by atoms with Crippen LogP contribution in [-0.2, 0) is 4.74 Å². The second-order valence-electron chi connectivity index (χ2n) is 4.68. The lowest BCUT2D eigenvalue weighted by Crippen LogP contribution is -2.43. The summed E-state index contributed by atoms with van der Waals surface area (Å²) in [5.74, 6) is 0.0292. The fourth-order valence-electron chi connectivity index (χ4n) is 2.03. The van der Waals surface area contributed by atoms with Gasteiger partial charge >= 0.3 is 5.69 Å². The number of nitrogens with one attached hydrogen (secondary N) is 1. The molecule has 0 saturated carbocycles. The normalized spacial score (nSPS) is 25.1. The molecule has 20 heavy (non-hydrogen) atoms. The summed E-state index contributed by atoms with van der Waals surface area (Å²) >= 11 is 0. The first-order chi connectivity index (χ1) is 9.46. The standard InChI is InChI=1S/C12H14N4O4/c1-8-12(17,2-3-20-8)7-15-11-10(16(18)19)4-9(5-13)6-14-11/h4,6,8,17H,2-3,7H2,1H3,(H,14,15). The largest absolute Gasteiger partial charge is 0.385 e. The number of hydrogen-bond donors (Lipinski definition) is 2. The van der Waals surface area contributed by atoms with Gasteiger partial charge < -0.3 is 15.2 Å². The van der Waals surface area contributed by atoms with Crippen molar-refractivity contribution in [1.29, 1.82) is 5.26 Å². The van der Waals surface area contributed by atoms with Gasteiger partial charge in [-0.1, -0.05) is 0 Å². The number of nitro groups is 1. The van der Waals surface area contributed by atoms with Gasteiger partial charge in [0.1, 0.15) is 11.7 Å². The van der Waals surface area contributed by atoms with E-state index >= 15 is 0 Å². The van der Waals surface area contributed by atoms with Crippen molar-refractivity contribution in [2.45, 2.75) is 25.0 Å². The third-order valence-corrected chi connectivity index (χ3v) is 3.41. The molecular weight excluding hydrogens is 264 g/mol. The molecule has 8 nitrogen and oxygen atoms in total. The summed E-state index contributed by atoms with van der Waals surface area (Å²) in [5, 5.41) is 32.8. The number of hydrogen-bond acceptors (Lipinski definition) is 7. The van der Waals surface area contributed by atoms with E-state index in [4.69, 9.17) is 10.00 Å². The van der Waals surface area contributed by atoms with Crippen LogP contribution in [0.25, 0.3) is 0 Å². The van der Waals surface area contributed by atoms with E-state index in [9.17, 15) is 15.2 Å². The molecule has 0 spiro atoms. The van der Waals surface area contributed by atoms with Gasteiger partial charge in [-0.3, -0.25) is 10.1 Å². The number of nitrogens with zero attached hydrogens (tertiary/aromatic N) is 3. The number of nitriles is 1. The molecule has 0 aromatic carbocycles. The highest BCUT2D eigenvalue weighted by Crippen LogP contribution is 2.28. The molecule has 1 fully saturated rings. The summed E-state index contributed by atoms with van der Waals surface area (Å²) in [6.07, 6.45) is 1.34. The van der Waals surface area contributed by atoms with Crippen molar-refractivity contribution in [2.75, 3.05) is 18.5 Å². The molecule has 2 heterocycles. The number of pyridine rings is 1. The third kappa shape index (κ3) is 2.68. The van der Waals surface area contributed by atoms with E-state index in [1.807, 2.05) is 0 Å². The van der Waals surface area contributed by atoms with E-state index < -0.39 is 10.5 Å². The molecule has 1 aliphatic rings. The molecule has 1 aliphatic heterocycles. The summed E-state index contributed by atoms with van der Waals surface area (Å²) < 4.78 is 5.28. The van der Waals surface area contributed by atoms with E-state index in [0.717, 1.165) is 6.07 Å². The molecule has 1 saturated heterocycles. The topological polar surface area (TPSA) is 121 Å². The van der Waals surface area contributed by atoms with Crippen LogP contribution in [0.15, 0.2) is 12.3 Å². The number of rotatable bonds is 4. The fourth-order valence-corrected chi connectivity index (χ4v) is 2.03. The lowest BCUT2D eigenvalue weighted by atomic mass is 9.97. The lowest BCUT2D eigenvalue weighted by Gasteiger charge is -2.26.